The van der Waals surface area contributed by atoms with Crippen molar-refractivity contribution in [1.29, 1.82) is 0 Å². The lowest BCUT2D eigenvalue weighted by atomic mass is 10.1. The van der Waals surface area contributed by atoms with E-state index in [0.29, 0.717) is 19.6 Å². The molecule has 0 aliphatic heterocycles. The van der Waals surface area contributed by atoms with Crippen molar-refractivity contribution < 1.29 is 17.9 Å². The molecule has 0 heterocycles. The average molecular weight is 281 g/mol. The molecule has 0 spiro atoms. The maximum absolute atomic E-state index is 11.4. The highest BCUT2D eigenvalue weighted by molar-refractivity contribution is 7.91. The summed E-state index contributed by atoms with van der Waals surface area (Å²) in [6.45, 7) is 6.67. The first-order chi connectivity index (χ1) is 8.50. The minimum Gasteiger partial charge on any atom is -0.351 e. The first-order valence-electron chi connectivity index (χ1n) is 6.61. The molecule has 0 aromatic carbocycles. The topological polar surface area (TPSA) is 64.6 Å². The van der Waals surface area contributed by atoms with Crippen LogP contribution in [0.3, 0.4) is 0 Å². The Balaban J connectivity index is 4.22. The molecule has 110 valence electrons. The second kappa shape index (κ2) is 9.72. The van der Waals surface area contributed by atoms with Gasteiger partial charge in [0.25, 0.3) is 0 Å². The third-order valence-electron chi connectivity index (χ3n) is 2.77. The second-order valence-corrected chi connectivity index (χ2v) is 6.53. The Kier molecular flexibility index (Phi) is 9.63. The van der Waals surface area contributed by atoms with Gasteiger partial charge in [-0.1, -0.05) is 6.92 Å². The number of likely N-dealkylation sites (N-methyl/N-ethyl adjacent to an activating group) is 1. The molecular formula is C12H27NO4S. The summed E-state index contributed by atoms with van der Waals surface area (Å²) in [5.74, 6) is 0.435. The number of ether oxygens (including phenoxy) is 2. The lowest BCUT2D eigenvalue weighted by molar-refractivity contribution is -0.154. The van der Waals surface area contributed by atoms with Crippen LogP contribution in [0.1, 0.15) is 33.6 Å². The summed E-state index contributed by atoms with van der Waals surface area (Å²) in [6.07, 6.45) is 1.04. The fourth-order valence-corrected chi connectivity index (χ4v) is 2.59. The third-order valence-corrected chi connectivity index (χ3v) is 4.56. The SMILES string of the molecule is CCOC(OCC)C(CCCS(=O)(=O)CC)NC. The molecule has 0 aliphatic carbocycles. The van der Waals surface area contributed by atoms with E-state index in [1.54, 1.807) is 6.92 Å². The summed E-state index contributed by atoms with van der Waals surface area (Å²) in [5.41, 5.74) is 0. The zero-order chi connectivity index (χ0) is 14.0. The highest BCUT2D eigenvalue weighted by Gasteiger charge is 2.21. The normalized spacial score (nSPS) is 14.1. The summed E-state index contributed by atoms with van der Waals surface area (Å²) in [7, 11) is -1.05. The molecule has 1 N–H and O–H groups in total. The van der Waals surface area contributed by atoms with Crippen LogP contribution in [0.2, 0.25) is 0 Å². The molecule has 0 aliphatic rings. The van der Waals surface area contributed by atoms with Crippen LogP contribution in [0, 0.1) is 0 Å². The van der Waals surface area contributed by atoms with Crippen LogP contribution in [0.5, 0.6) is 0 Å². The number of hydrogen-bond acceptors (Lipinski definition) is 5. The quantitative estimate of drug-likeness (QED) is 0.576. The highest BCUT2D eigenvalue weighted by atomic mass is 32.2. The number of rotatable bonds is 11. The molecule has 0 rings (SSSR count). The number of sulfone groups is 1. The third kappa shape index (κ3) is 7.31. The van der Waals surface area contributed by atoms with Crippen LogP contribution in [0.25, 0.3) is 0 Å². The summed E-state index contributed by atoms with van der Waals surface area (Å²) in [4.78, 5) is 0. The molecule has 6 heteroatoms. The summed E-state index contributed by atoms with van der Waals surface area (Å²) < 4.78 is 33.8. The van der Waals surface area contributed by atoms with Gasteiger partial charge in [-0.25, -0.2) is 8.42 Å². The van der Waals surface area contributed by atoms with E-state index in [1.807, 2.05) is 20.9 Å². The highest BCUT2D eigenvalue weighted by Crippen LogP contribution is 2.09. The van der Waals surface area contributed by atoms with Gasteiger partial charge in [0.15, 0.2) is 6.29 Å². The van der Waals surface area contributed by atoms with Crippen LogP contribution in [-0.2, 0) is 19.3 Å². The van der Waals surface area contributed by atoms with Crippen molar-refractivity contribution in [3.05, 3.63) is 0 Å². The predicted molar refractivity (Wildman–Crippen MR) is 73.4 cm³/mol. The number of hydrogen-bond donors (Lipinski definition) is 1. The number of nitrogens with one attached hydrogen (secondary N) is 1. The first kappa shape index (κ1) is 17.8. The van der Waals surface area contributed by atoms with Gasteiger partial charge in [-0.3, -0.25) is 0 Å². The van der Waals surface area contributed by atoms with Gasteiger partial charge in [0.05, 0.1) is 11.8 Å². The van der Waals surface area contributed by atoms with Crippen LogP contribution in [0.15, 0.2) is 0 Å². The molecule has 0 amide bonds. The molecule has 5 nitrogen and oxygen atoms in total. The van der Waals surface area contributed by atoms with Gasteiger partial charge in [-0.15, -0.1) is 0 Å². The zero-order valence-electron chi connectivity index (χ0n) is 11.9. The molecule has 1 atom stereocenters. The van der Waals surface area contributed by atoms with E-state index >= 15 is 0 Å². The molecule has 18 heavy (non-hydrogen) atoms. The maximum Gasteiger partial charge on any atom is 0.172 e. The Labute approximate surface area is 111 Å². The Morgan fingerprint density at radius 2 is 1.67 bits per heavy atom. The Morgan fingerprint density at radius 1 is 1.11 bits per heavy atom. The lowest BCUT2D eigenvalue weighted by Crippen LogP contribution is -2.41. The van der Waals surface area contributed by atoms with Crippen LogP contribution < -0.4 is 5.32 Å². The smallest absolute Gasteiger partial charge is 0.172 e. The Bertz CT molecular complexity index is 286. The van der Waals surface area contributed by atoms with E-state index in [2.05, 4.69) is 5.32 Å². The first-order valence-corrected chi connectivity index (χ1v) is 8.43. The fourth-order valence-electron chi connectivity index (χ4n) is 1.69. The van der Waals surface area contributed by atoms with E-state index in [0.717, 1.165) is 6.42 Å². The van der Waals surface area contributed by atoms with Gasteiger partial charge in [0.1, 0.15) is 9.84 Å². The minimum atomic E-state index is -2.88. The fraction of sp³-hybridized carbons (Fsp3) is 1.00. The molecule has 0 aromatic rings. The molecule has 0 radical (unpaired) electrons. The Hall–Kier alpha value is -0.170. The van der Waals surface area contributed by atoms with Gasteiger partial charge >= 0.3 is 0 Å². The van der Waals surface area contributed by atoms with Crippen molar-refractivity contribution in [2.45, 2.75) is 45.9 Å². The van der Waals surface area contributed by atoms with E-state index < -0.39 is 9.84 Å². The van der Waals surface area contributed by atoms with Crippen LogP contribution in [0.4, 0.5) is 0 Å². The van der Waals surface area contributed by atoms with Gasteiger partial charge < -0.3 is 14.8 Å². The molecule has 0 fully saturated rings. The summed E-state index contributed by atoms with van der Waals surface area (Å²) in [6, 6.07) is 0.0250. The van der Waals surface area contributed by atoms with Crippen molar-refractivity contribution in [2.24, 2.45) is 0 Å². The largest absolute Gasteiger partial charge is 0.351 e. The monoisotopic (exact) mass is 281 g/mol. The molecule has 1 unspecified atom stereocenters. The zero-order valence-corrected chi connectivity index (χ0v) is 12.8. The van der Waals surface area contributed by atoms with E-state index in [9.17, 15) is 8.42 Å². The van der Waals surface area contributed by atoms with Gasteiger partial charge in [-0.2, -0.15) is 0 Å². The van der Waals surface area contributed by atoms with Crippen LogP contribution >= 0.6 is 0 Å². The maximum atomic E-state index is 11.4. The summed E-state index contributed by atoms with van der Waals surface area (Å²) in [5, 5.41) is 3.13. The van der Waals surface area contributed by atoms with Crippen molar-refractivity contribution in [3.63, 3.8) is 0 Å². The molecular weight excluding hydrogens is 254 g/mol. The van der Waals surface area contributed by atoms with Crippen molar-refractivity contribution in [1.82, 2.24) is 5.32 Å². The van der Waals surface area contributed by atoms with E-state index in [1.165, 1.54) is 0 Å². The standard InChI is InChI=1S/C12H27NO4S/c1-5-16-12(17-6-2)11(13-4)9-8-10-18(14,15)7-3/h11-13H,5-10H2,1-4H3. The average Bonchev–Trinajstić information content (AvgIpc) is 2.34. The molecule has 0 bridgehead atoms. The molecule has 0 aromatic heterocycles. The van der Waals surface area contributed by atoms with E-state index in [-0.39, 0.29) is 23.8 Å². The van der Waals surface area contributed by atoms with Gasteiger partial charge in [-0.05, 0) is 33.7 Å². The van der Waals surface area contributed by atoms with Crippen molar-refractivity contribution >= 4 is 9.84 Å². The second-order valence-electron chi connectivity index (χ2n) is 4.05. The van der Waals surface area contributed by atoms with Crippen molar-refractivity contribution in [3.8, 4) is 0 Å². The predicted octanol–water partition coefficient (Wildman–Crippen LogP) is 1.19. The molecule has 0 saturated carbocycles. The van der Waals surface area contributed by atoms with Gasteiger partial charge in [0, 0.05) is 19.0 Å². The summed E-state index contributed by atoms with van der Waals surface area (Å²) >= 11 is 0. The van der Waals surface area contributed by atoms with Crippen LogP contribution in [-0.4, -0.2) is 52.5 Å². The van der Waals surface area contributed by atoms with Crippen molar-refractivity contribution in [2.75, 3.05) is 31.8 Å². The van der Waals surface area contributed by atoms with E-state index in [4.69, 9.17) is 9.47 Å². The minimum absolute atomic E-state index is 0.0250. The molecule has 0 saturated heterocycles. The lowest BCUT2D eigenvalue weighted by Gasteiger charge is -2.26. The van der Waals surface area contributed by atoms with Gasteiger partial charge in [0.2, 0.25) is 0 Å². The Morgan fingerprint density at radius 3 is 2.06 bits per heavy atom.